The maximum Gasteiger partial charge on any atom is 0.239 e. The molecule has 0 spiro atoms. The number of benzene rings is 1. The van der Waals surface area contributed by atoms with Crippen LogP contribution in [0.25, 0.3) is 11.5 Å². The standard InChI is InChI=1S/C18H23N3O3/c1-4-21(11-16(22)19-13(2)3)17(23)10-15-12-24-18(20-15)14-8-6-5-7-9-14/h5-9,12-13H,4,10-11H2,1-3H3,(H,19,22). The highest BCUT2D eigenvalue weighted by atomic mass is 16.3. The number of amides is 2. The van der Waals surface area contributed by atoms with Gasteiger partial charge in [0.1, 0.15) is 6.26 Å². The van der Waals surface area contributed by atoms with Crippen molar-refractivity contribution in [3.05, 3.63) is 42.3 Å². The van der Waals surface area contributed by atoms with Gasteiger partial charge in [-0.1, -0.05) is 18.2 Å². The summed E-state index contributed by atoms with van der Waals surface area (Å²) in [6, 6.07) is 9.55. The van der Waals surface area contributed by atoms with Crippen molar-refractivity contribution in [2.24, 2.45) is 0 Å². The number of hydrogen-bond donors (Lipinski definition) is 1. The number of hydrogen-bond acceptors (Lipinski definition) is 4. The minimum Gasteiger partial charge on any atom is -0.444 e. The second-order valence-corrected chi connectivity index (χ2v) is 5.82. The van der Waals surface area contributed by atoms with E-state index in [1.807, 2.05) is 51.1 Å². The van der Waals surface area contributed by atoms with Crippen LogP contribution >= 0.6 is 0 Å². The first-order chi connectivity index (χ1) is 11.5. The zero-order valence-corrected chi connectivity index (χ0v) is 14.3. The SMILES string of the molecule is CCN(CC(=O)NC(C)C)C(=O)Cc1coc(-c2ccccc2)n1. The van der Waals surface area contributed by atoms with Crippen LogP contribution in [0, 0.1) is 0 Å². The van der Waals surface area contributed by atoms with E-state index in [0.29, 0.717) is 18.1 Å². The summed E-state index contributed by atoms with van der Waals surface area (Å²) in [4.78, 5) is 30.1. The summed E-state index contributed by atoms with van der Waals surface area (Å²) in [6.07, 6.45) is 1.60. The number of likely N-dealkylation sites (N-methyl/N-ethyl adjacent to an activating group) is 1. The maximum absolute atomic E-state index is 12.4. The van der Waals surface area contributed by atoms with Gasteiger partial charge in [0.15, 0.2) is 0 Å². The van der Waals surface area contributed by atoms with Gasteiger partial charge in [0.05, 0.1) is 18.7 Å². The number of carbonyl (C=O) groups is 2. The lowest BCUT2D eigenvalue weighted by molar-refractivity contribution is -0.135. The molecule has 1 aromatic carbocycles. The summed E-state index contributed by atoms with van der Waals surface area (Å²) >= 11 is 0. The smallest absolute Gasteiger partial charge is 0.239 e. The zero-order chi connectivity index (χ0) is 17.5. The van der Waals surface area contributed by atoms with Gasteiger partial charge in [-0.3, -0.25) is 9.59 Å². The van der Waals surface area contributed by atoms with E-state index in [4.69, 9.17) is 4.42 Å². The number of aromatic nitrogens is 1. The van der Waals surface area contributed by atoms with Crippen molar-refractivity contribution in [2.45, 2.75) is 33.2 Å². The van der Waals surface area contributed by atoms with E-state index in [9.17, 15) is 9.59 Å². The molecule has 0 bridgehead atoms. The first kappa shape index (κ1) is 17.7. The van der Waals surface area contributed by atoms with E-state index in [1.54, 1.807) is 0 Å². The fourth-order valence-corrected chi connectivity index (χ4v) is 2.29. The Kier molecular flexibility index (Phi) is 6.12. The molecule has 0 saturated carbocycles. The number of nitrogens with zero attached hydrogens (tertiary/aromatic N) is 2. The van der Waals surface area contributed by atoms with Crippen LogP contribution < -0.4 is 5.32 Å². The van der Waals surface area contributed by atoms with E-state index in [1.165, 1.54) is 11.2 Å². The molecule has 2 aromatic rings. The Morgan fingerprint density at radius 2 is 1.96 bits per heavy atom. The van der Waals surface area contributed by atoms with Crippen LogP contribution in [0.15, 0.2) is 41.0 Å². The first-order valence-corrected chi connectivity index (χ1v) is 8.06. The van der Waals surface area contributed by atoms with Gasteiger partial charge in [-0.25, -0.2) is 4.98 Å². The Balaban J connectivity index is 1.98. The Morgan fingerprint density at radius 1 is 1.25 bits per heavy atom. The fourth-order valence-electron chi connectivity index (χ4n) is 2.29. The molecule has 0 fully saturated rings. The van der Waals surface area contributed by atoms with Crippen molar-refractivity contribution < 1.29 is 14.0 Å². The largest absolute Gasteiger partial charge is 0.444 e. The second kappa shape index (κ2) is 8.29. The highest BCUT2D eigenvalue weighted by Gasteiger charge is 2.18. The molecule has 1 heterocycles. The van der Waals surface area contributed by atoms with Gasteiger partial charge < -0.3 is 14.6 Å². The van der Waals surface area contributed by atoms with E-state index < -0.39 is 0 Å². The Bertz CT molecular complexity index is 680. The van der Waals surface area contributed by atoms with Crippen LogP contribution in [0.2, 0.25) is 0 Å². The van der Waals surface area contributed by atoms with E-state index in [-0.39, 0.29) is 30.8 Å². The van der Waals surface area contributed by atoms with Gasteiger partial charge in [0, 0.05) is 18.2 Å². The lowest BCUT2D eigenvalue weighted by Gasteiger charge is -2.20. The van der Waals surface area contributed by atoms with Crippen molar-refractivity contribution in [1.82, 2.24) is 15.2 Å². The quantitative estimate of drug-likeness (QED) is 0.845. The van der Waals surface area contributed by atoms with Gasteiger partial charge in [0.25, 0.3) is 0 Å². The fraction of sp³-hybridized carbons (Fsp3) is 0.389. The van der Waals surface area contributed by atoms with Gasteiger partial charge in [-0.15, -0.1) is 0 Å². The minimum absolute atomic E-state index is 0.0512. The topological polar surface area (TPSA) is 75.4 Å². The van der Waals surface area contributed by atoms with Crippen molar-refractivity contribution in [3.63, 3.8) is 0 Å². The molecule has 0 aliphatic heterocycles. The summed E-state index contributed by atoms with van der Waals surface area (Å²) in [6.45, 7) is 6.14. The summed E-state index contributed by atoms with van der Waals surface area (Å²) in [7, 11) is 0. The van der Waals surface area contributed by atoms with Gasteiger partial charge in [-0.2, -0.15) is 0 Å². The molecule has 6 heteroatoms. The van der Waals surface area contributed by atoms with Crippen molar-refractivity contribution in [2.75, 3.05) is 13.1 Å². The molecule has 2 amide bonds. The molecule has 0 atom stereocenters. The third-order valence-electron chi connectivity index (χ3n) is 3.42. The molecular weight excluding hydrogens is 306 g/mol. The predicted molar refractivity (Wildman–Crippen MR) is 91.2 cm³/mol. The molecule has 128 valence electrons. The summed E-state index contributed by atoms with van der Waals surface area (Å²) in [5.74, 6) is 0.175. The van der Waals surface area contributed by atoms with Crippen LogP contribution in [0.4, 0.5) is 0 Å². The molecule has 6 nitrogen and oxygen atoms in total. The van der Waals surface area contributed by atoms with E-state index in [2.05, 4.69) is 10.3 Å². The van der Waals surface area contributed by atoms with E-state index >= 15 is 0 Å². The molecule has 2 rings (SSSR count). The number of nitrogens with one attached hydrogen (secondary N) is 1. The molecule has 1 aromatic heterocycles. The molecule has 0 radical (unpaired) electrons. The van der Waals surface area contributed by atoms with Crippen LogP contribution in [0.1, 0.15) is 26.5 Å². The third kappa shape index (κ3) is 4.94. The number of carbonyl (C=O) groups excluding carboxylic acids is 2. The summed E-state index contributed by atoms with van der Waals surface area (Å²) in [5.41, 5.74) is 1.42. The predicted octanol–water partition coefficient (Wildman–Crippen LogP) is 2.26. The molecular formula is C18H23N3O3. The second-order valence-electron chi connectivity index (χ2n) is 5.82. The molecule has 1 N–H and O–H groups in total. The lowest BCUT2D eigenvalue weighted by atomic mass is 10.2. The number of rotatable bonds is 7. The van der Waals surface area contributed by atoms with Crippen molar-refractivity contribution >= 4 is 11.8 Å². The normalized spacial score (nSPS) is 10.7. The summed E-state index contributed by atoms with van der Waals surface area (Å²) < 4.78 is 5.44. The Labute approximate surface area is 141 Å². The average Bonchev–Trinajstić information content (AvgIpc) is 3.01. The monoisotopic (exact) mass is 329 g/mol. The van der Waals surface area contributed by atoms with E-state index in [0.717, 1.165) is 5.56 Å². The molecule has 0 unspecified atom stereocenters. The Morgan fingerprint density at radius 3 is 2.58 bits per heavy atom. The van der Waals surface area contributed by atoms with Crippen LogP contribution in [0.3, 0.4) is 0 Å². The summed E-state index contributed by atoms with van der Waals surface area (Å²) in [5, 5.41) is 2.78. The minimum atomic E-state index is -0.162. The van der Waals surface area contributed by atoms with Crippen LogP contribution in [-0.2, 0) is 16.0 Å². The molecule has 24 heavy (non-hydrogen) atoms. The molecule has 0 aliphatic carbocycles. The third-order valence-corrected chi connectivity index (χ3v) is 3.42. The Hall–Kier alpha value is -2.63. The lowest BCUT2D eigenvalue weighted by Crippen LogP contribution is -2.43. The van der Waals surface area contributed by atoms with Crippen molar-refractivity contribution in [3.8, 4) is 11.5 Å². The van der Waals surface area contributed by atoms with Gasteiger partial charge >= 0.3 is 0 Å². The molecule has 0 aliphatic rings. The number of oxazole rings is 1. The van der Waals surface area contributed by atoms with Crippen LogP contribution in [-0.4, -0.2) is 40.8 Å². The highest BCUT2D eigenvalue weighted by molar-refractivity contribution is 5.85. The van der Waals surface area contributed by atoms with Gasteiger partial charge in [0.2, 0.25) is 17.7 Å². The average molecular weight is 329 g/mol. The first-order valence-electron chi connectivity index (χ1n) is 8.06. The highest BCUT2D eigenvalue weighted by Crippen LogP contribution is 2.18. The zero-order valence-electron chi connectivity index (χ0n) is 14.3. The van der Waals surface area contributed by atoms with Crippen LogP contribution in [0.5, 0.6) is 0 Å². The van der Waals surface area contributed by atoms with Crippen molar-refractivity contribution in [1.29, 1.82) is 0 Å². The maximum atomic E-state index is 12.4. The molecule has 0 saturated heterocycles. The van der Waals surface area contributed by atoms with Gasteiger partial charge in [-0.05, 0) is 32.9 Å².